The lowest BCUT2D eigenvalue weighted by Crippen LogP contribution is -2.30. The third-order valence-corrected chi connectivity index (χ3v) is 2.46. The van der Waals surface area contributed by atoms with Crippen LogP contribution in [0, 0.1) is 0 Å². The van der Waals surface area contributed by atoms with E-state index >= 15 is 0 Å². The molecule has 1 heterocycles. The molecule has 0 bridgehead atoms. The van der Waals surface area contributed by atoms with Crippen LogP contribution in [0.5, 0.6) is 0 Å². The lowest BCUT2D eigenvalue weighted by molar-refractivity contribution is -0.174. The van der Waals surface area contributed by atoms with Gasteiger partial charge in [0, 0.05) is 26.2 Å². The van der Waals surface area contributed by atoms with Crippen molar-refractivity contribution in [3.05, 3.63) is 0 Å². The van der Waals surface area contributed by atoms with Gasteiger partial charge in [-0.25, -0.2) is 0 Å². The average Bonchev–Trinajstić information content (AvgIpc) is 2.44. The van der Waals surface area contributed by atoms with E-state index in [-0.39, 0.29) is 6.61 Å². The Labute approximate surface area is 93.9 Å². The summed E-state index contributed by atoms with van der Waals surface area (Å²) in [4.78, 5) is 2.26. The van der Waals surface area contributed by atoms with Crippen LogP contribution in [-0.4, -0.2) is 57.0 Å². The topological polar surface area (TPSA) is 24.5 Å². The minimum absolute atomic E-state index is 0.184. The van der Waals surface area contributed by atoms with Crippen molar-refractivity contribution >= 4 is 0 Å². The zero-order valence-corrected chi connectivity index (χ0v) is 9.35. The predicted molar refractivity (Wildman–Crippen MR) is 55.4 cm³/mol. The largest absolute Gasteiger partial charge is 0.411 e. The van der Waals surface area contributed by atoms with Crippen LogP contribution >= 0.6 is 0 Å². The van der Waals surface area contributed by atoms with Gasteiger partial charge in [-0.2, -0.15) is 13.2 Å². The molecule has 0 spiro atoms. The van der Waals surface area contributed by atoms with Gasteiger partial charge in [0.25, 0.3) is 0 Å². The molecule has 0 amide bonds. The third kappa shape index (κ3) is 7.03. The SMILES string of the molecule is FC(F)(F)COCCCN1CCCNCC1. The van der Waals surface area contributed by atoms with Crippen molar-refractivity contribution in [2.75, 3.05) is 45.9 Å². The zero-order chi connectivity index (χ0) is 11.9. The maximum Gasteiger partial charge on any atom is 0.411 e. The minimum Gasteiger partial charge on any atom is -0.372 e. The van der Waals surface area contributed by atoms with Gasteiger partial charge < -0.3 is 15.0 Å². The second-order valence-corrected chi connectivity index (χ2v) is 3.97. The molecule has 1 aliphatic heterocycles. The van der Waals surface area contributed by atoms with Gasteiger partial charge in [-0.1, -0.05) is 0 Å². The van der Waals surface area contributed by atoms with Crippen LogP contribution in [0.2, 0.25) is 0 Å². The maximum atomic E-state index is 11.7. The molecule has 0 aromatic carbocycles. The molecule has 1 N–H and O–H groups in total. The summed E-state index contributed by atoms with van der Waals surface area (Å²) in [5, 5.41) is 3.28. The number of nitrogens with one attached hydrogen (secondary N) is 1. The monoisotopic (exact) mass is 240 g/mol. The second kappa shape index (κ2) is 7.09. The Kier molecular flexibility index (Phi) is 6.08. The van der Waals surface area contributed by atoms with E-state index in [4.69, 9.17) is 0 Å². The normalized spacial score (nSPS) is 19.7. The van der Waals surface area contributed by atoms with Crippen LogP contribution in [0.3, 0.4) is 0 Å². The standard InChI is InChI=1S/C10H19F3N2O/c11-10(12,13)9-16-8-2-6-15-5-1-3-14-4-7-15/h14H,1-9H2. The Bertz CT molecular complexity index is 179. The number of ether oxygens (including phenoxy) is 1. The fourth-order valence-electron chi connectivity index (χ4n) is 1.70. The molecule has 0 aromatic heterocycles. The first-order chi connectivity index (χ1) is 7.58. The molecule has 0 aliphatic carbocycles. The van der Waals surface area contributed by atoms with E-state index in [1.165, 1.54) is 0 Å². The van der Waals surface area contributed by atoms with Gasteiger partial charge >= 0.3 is 6.18 Å². The molecule has 1 rings (SSSR count). The fourth-order valence-corrected chi connectivity index (χ4v) is 1.70. The van der Waals surface area contributed by atoms with E-state index in [1.54, 1.807) is 0 Å². The maximum absolute atomic E-state index is 11.7. The van der Waals surface area contributed by atoms with Crippen molar-refractivity contribution in [3.63, 3.8) is 0 Å². The van der Waals surface area contributed by atoms with E-state index in [0.717, 1.165) is 39.1 Å². The van der Waals surface area contributed by atoms with Crippen LogP contribution in [0.1, 0.15) is 12.8 Å². The van der Waals surface area contributed by atoms with E-state index in [9.17, 15) is 13.2 Å². The summed E-state index contributed by atoms with van der Waals surface area (Å²) in [6.07, 6.45) is -2.44. The van der Waals surface area contributed by atoms with Crippen molar-refractivity contribution < 1.29 is 17.9 Å². The Morgan fingerprint density at radius 1 is 1.19 bits per heavy atom. The number of halogens is 3. The smallest absolute Gasteiger partial charge is 0.372 e. The quantitative estimate of drug-likeness (QED) is 0.732. The highest BCUT2D eigenvalue weighted by atomic mass is 19.4. The Morgan fingerprint density at radius 3 is 2.75 bits per heavy atom. The zero-order valence-electron chi connectivity index (χ0n) is 9.35. The molecule has 0 radical (unpaired) electrons. The van der Waals surface area contributed by atoms with Gasteiger partial charge in [0.05, 0.1) is 0 Å². The molecule has 0 unspecified atom stereocenters. The van der Waals surface area contributed by atoms with Gasteiger partial charge in [-0.05, 0) is 25.9 Å². The Hall–Kier alpha value is -0.330. The van der Waals surface area contributed by atoms with E-state index in [2.05, 4.69) is 15.0 Å². The Morgan fingerprint density at radius 2 is 2.00 bits per heavy atom. The van der Waals surface area contributed by atoms with E-state index in [0.29, 0.717) is 6.42 Å². The predicted octanol–water partition coefficient (Wildman–Crippen LogP) is 1.25. The molecule has 96 valence electrons. The fraction of sp³-hybridized carbons (Fsp3) is 1.00. The van der Waals surface area contributed by atoms with Crippen molar-refractivity contribution in [3.8, 4) is 0 Å². The molecule has 0 aromatic rings. The molecule has 16 heavy (non-hydrogen) atoms. The molecule has 0 atom stereocenters. The summed E-state index contributed by atoms with van der Waals surface area (Å²) >= 11 is 0. The van der Waals surface area contributed by atoms with Crippen LogP contribution in [0.4, 0.5) is 13.2 Å². The average molecular weight is 240 g/mol. The van der Waals surface area contributed by atoms with Crippen LogP contribution < -0.4 is 5.32 Å². The van der Waals surface area contributed by atoms with Gasteiger partial charge in [0.1, 0.15) is 6.61 Å². The van der Waals surface area contributed by atoms with Crippen LogP contribution in [0.25, 0.3) is 0 Å². The van der Waals surface area contributed by atoms with E-state index < -0.39 is 12.8 Å². The van der Waals surface area contributed by atoms with Gasteiger partial charge in [0.15, 0.2) is 0 Å². The highest BCUT2D eigenvalue weighted by molar-refractivity contribution is 4.65. The first kappa shape index (κ1) is 13.7. The Balaban J connectivity index is 1.97. The summed E-state index contributed by atoms with van der Waals surface area (Å²) in [6.45, 7) is 3.85. The highest BCUT2D eigenvalue weighted by Gasteiger charge is 2.27. The molecule has 1 aliphatic rings. The van der Waals surface area contributed by atoms with Crippen LogP contribution in [0.15, 0.2) is 0 Å². The van der Waals surface area contributed by atoms with Crippen molar-refractivity contribution in [1.82, 2.24) is 10.2 Å². The molecule has 1 saturated heterocycles. The number of hydrogen-bond acceptors (Lipinski definition) is 3. The molecule has 6 heteroatoms. The third-order valence-electron chi connectivity index (χ3n) is 2.46. The summed E-state index contributed by atoms with van der Waals surface area (Å²) < 4.78 is 39.8. The minimum atomic E-state index is -4.20. The van der Waals surface area contributed by atoms with Crippen molar-refractivity contribution in [2.24, 2.45) is 0 Å². The molecule has 3 nitrogen and oxygen atoms in total. The molecule has 0 saturated carbocycles. The summed E-state index contributed by atoms with van der Waals surface area (Å²) in [7, 11) is 0. The van der Waals surface area contributed by atoms with Crippen molar-refractivity contribution in [1.29, 1.82) is 0 Å². The number of nitrogens with zero attached hydrogens (tertiary/aromatic N) is 1. The lowest BCUT2D eigenvalue weighted by Gasteiger charge is -2.19. The summed E-state index contributed by atoms with van der Waals surface area (Å²) in [6, 6.07) is 0. The first-order valence-corrected chi connectivity index (χ1v) is 5.65. The van der Waals surface area contributed by atoms with E-state index in [1.807, 2.05) is 0 Å². The molecular weight excluding hydrogens is 221 g/mol. The summed E-state index contributed by atoms with van der Waals surface area (Å²) in [5.74, 6) is 0. The lowest BCUT2D eigenvalue weighted by atomic mass is 10.3. The molecule has 1 fully saturated rings. The number of hydrogen-bond donors (Lipinski definition) is 1. The summed E-state index contributed by atoms with van der Waals surface area (Å²) in [5.41, 5.74) is 0. The number of alkyl halides is 3. The second-order valence-electron chi connectivity index (χ2n) is 3.97. The van der Waals surface area contributed by atoms with Crippen LogP contribution in [-0.2, 0) is 4.74 Å². The van der Waals surface area contributed by atoms with Crippen molar-refractivity contribution in [2.45, 2.75) is 19.0 Å². The van der Waals surface area contributed by atoms with Gasteiger partial charge in [-0.15, -0.1) is 0 Å². The highest BCUT2D eigenvalue weighted by Crippen LogP contribution is 2.14. The molecular formula is C10H19F3N2O. The van der Waals surface area contributed by atoms with Gasteiger partial charge in [0.2, 0.25) is 0 Å². The van der Waals surface area contributed by atoms with Gasteiger partial charge in [-0.3, -0.25) is 0 Å². The number of rotatable bonds is 5. The first-order valence-electron chi connectivity index (χ1n) is 5.65.